The van der Waals surface area contributed by atoms with Crippen LogP contribution < -0.4 is 0 Å². The number of halogens is 2. The van der Waals surface area contributed by atoms with Crippen molar-refractivity contribution in [2.45, 2.75) is 25.4 Å². The van der Waals surface area contributed by atoms with Crippen LogP contribution in [0.5, 0.6) is 0 Å². The molecule has 2 heterocycles. The number of piperazine rings is 1. The van der Waals surface area contributed by atoms with Crippen molar-refractivity contribution in [1.29, 1.82) is 0 Å². The molecule has 106 valence electrons. The molecule has 1 atom stereocenters. The highest BCUT2D eigenvalue weighted by atomic mass is 79.9. The largest absolute Gasteiger partial charge is 0.329 e. The van der Waals surface area contributed by atoms with Crippen molar-refractivity contribution < 1.29 is 14.0 Å². The Labute approximate surface area is 124 Å². The van der Waals surface area contributed by atoms with E-state index in [2.05, 4.69) is 15.9 Å². The maximum absolute atomic E-state index is 13.8. The minimum Gasteiger partial charge on any atom is -0.329 e. The fourth-order valence-corrected chi connectivity index (χ4v) is 3.19. The van der Waals surface area contributed by atoms with Gasteiger partial charge < -0.3 is 9.80 Å². The molecule has 2 amide bonds. The Morgan fingerprint density at radius 3 is 2.90 bits per heavy atom. The lowest BCUT2D eigenvalue weighted by molar-refractivity contribution is -0.154. The van der Waals surface area contributed by atoms with E-state index in [1.165, 1.54) is 11.0 Å². The third kappa shape index (κ3) is 2.32. The summed E-state index contributed by atoms with van der Waals surface area (Å²) >= 11 is 3.20. The van der Waals surface area contributed by atoms with Crippen LogP contribution in [0.15, 0.2) is 22.7 Å². The van der Waals surface area contributed by atoms with Crippen LogP contribution in [0, 0.1) is 5.82 Å². The van der Waals surface area contributed by atoms with Gasteiger partial charge in [0.2, 0.25) is 11.8 Å². The monoisotopic (exact) mass is 340 g/mol. The topological polar surface area (TPSA) is 40.6 Å². The molecule has 4 nitrogen and oxygen atoms in total. The first kappa shape index (κ1) is 13.5. The van der Waals surface area contributed by atoms with Crippen LogP contribution in [0.3, 0.4) is 0 Å². The average molecular weight is 341 g/mol. The van der Waals surface area contributed by atoms with E-state index in [1.807, 2.05) is 0 Å². The van der Waals surface area contributed by atoms with Crippen LogP contribution >= 0.6 is 15.9 Å². The number of carbonyl (C=O) groups is 2. The van der Waals surface area contributed by atoms with E-state index in [1.54, 1.807) is 17.0 Å². The Kier molecular flexibility index (Phi) is 3.50. The molecule has 2 aliphatic rings. The normalized spacial score (nSPS) is 22.4. The third-order valence-electron chi connectivity index (χ3n) is 3.87. The Balaban J connectivity index is 1.80. The van der Waals surface area contributed by atoms with E-state index in [-0.39, 0.29) is 36.8 Å². The molecule has 2 saturated heterocycles. The molecule has 1 aromatic carbocycles. The van der Waals surface area contributed by atoms with Crippen molar-refractivity contribution in [2.75, 3.05) is 13.1 Å². The van der Waals surface area contributed by atoms with Crippen molar-refractivity contribution in [1.82, 2.24) is 9.80 Å². The highest BCUT2D eigenvalue weighted by molar-refractivity contribution is 9.10. The van der Waals surface area contributed by atoms with Gasteiger partial charge in [-0.25, -0.2) is 4.39 Å². The zero-order chi connectivity index (χ0) is 14.3. The van der Waals surface area contributed by atoms with E-state index in [0.717, 1.165) is 6.42 Å². The third-order valence-corrected chi connectivity index (χ3v) is 4.37. The Bertz CT molecular complexity index is 578. The molecule has 0 N–H and O–H groups in total. The van der Waals surface area contributed by atoms with Crippen molar-refractivity contribution in [3.05, 3.63) is 34.1 Å². The van der Waals surface area contributed by atoms with Gasteiger partial charge in [-0.05, 0) is 25.0 Å². The number of hydrogen-bond donors (Lipinski definition) is 0. The zero-order valence-corrected chi connectivity index (χ0v) is 12.4. The summed E-state index contributed by atoms with van der Waals surface area (Å²) in [7, 11) is 0. The van der Waals surface area contributed by atoms with Crippen LogP contribution in [0.2, 0.25) is 0 Å². The van der Waals surface area contributed by atoms with Crippen LogP contribution in [-0.4, -0.2) is 40.7 Å². The zero-order valence-electron chi connectivity index (χ0n) is 10.8. The summed E-state index contributed by atoms with van der Waals surface area (Å²) in [6, 6.07) is 4.40. The molecule has 2 fully saturated rings. The van der Waals surface area contributed by atoms with E-state index in [0.29, 0.717) is 23.0 Å². The first-order valence-electron chi connectivity index (χ1n) is 6.58. The van der Waals surface area contributed by atoms with Crippen LogP contribution in [0.1, 0.15) is 18.4 Å². The molecule has 0 aliphatic carbocycles. The van der Waals surface area contributed by atoms with Gasteiger partial charge in [-0.3, -0.25) is 9.59 Å². The van der Waals surface area contributed by atoms with Gasteiger partial charge in [0.1, 0.15) is 18.4 Å². The van der Waals surface area contributed by atoms with Gasteiger partial charge >= 0.3 is 0 Å². The Hall–Kier alpha value is -1.43. The lowest BCUT2D eigenvalue weighted by Crippen LogP contribution is -2.56. The van der Waals surface area contributed by atoms with E-state index < -0.39 is 0 Å². The second-order valence-corrected chi connectivity index (χ2v) is 6.09. The lowest BCUT2D eigenvalue weighted by Gasteiger charge is -2.36. The van der Waals surface area contributed by atoms with Crippen LogP contribution in [0.25, 0.3) is 0 Å². The second-order valence-electron chi connectivity index (χ2n) is 5.18. The quantitative estimate of drug-likeness (QED) is 0.825. The second kappa shape index (κ2) is 5.16. The van der Waals surface area contributed by atoms with Gasteiger partial charge in [0.05, 0.1) is 0 Å². The molecular formula is C14H14BrFN2O2. The minimum atomic E-state index is -0.367. The maximum Gasteiger partial charge on any atom is 0.246 e. The van der Waals surface area contributed by atoms with Crippen molar-refractivity contribution in [3.63, 3.8) is 0 Å². The molecule has 3 rings (SSSR count). The number of fused-ring (bicyclic) bond motifs is 1. The van der Waals surface area contributed by atoms with Crippen LogP contribution in [-0.2, 0) is 16.1 Å². The molecule has 0 spiro atoms. The smallest absolute Gasteiger partial charge is 0.246 e. The predicted molar refractivity (Wildman–Crippen MR) is 74.3 cm³/mol. The van der Waals surface area contributed by atoms with Gasteiger partial charge in [-0.2, -0.15) is 0 Å². The highest BCUT2D eigenvalue weighted by Crippen LogP contribution is 2.25. The summed E-state index contributed by atoms with van der Waals surface area (Å²) < 4.78 is 14.5. The maximum atomic E-state index is 13.8. The number of hydrogen-bond acceptors (Lipinski definition) is 2. The first-order valence-corrected chi connectivity index (χ1v) is 7.38. The molecule has 20 heavy (non-hydrogen) atoms. The predicted octanol–water partition coefficient (Wildman–Crippen LogP) is 1.92. The van der Waals surface area contributed by atoms with Crippen molar-refractivity contribution in [3.8, 4) is 0 Å². The minimum absolute atomic E-state index is 0.0374. The number of amides is 2. The van der Waals surface area contributed by atoms with Crippen LogP contribution in [0.4, 0.5) is 4.39 Å². The van der Waals surface area contributed by atoms with E-state index in [4.69, 9.17) is 0 Å². The molecule has 0 radical (unpaired) electrons. The molecule has 1 unspecified atom stereocenters. The fourth-order valence-electron chi connectivity index (χ4n) is 2.85. The number of rotatable bonds is 2. The van der Waals surface area contributed by atoms with Gasteiger partial charge in [0.25, 0.3) is 0 Å². The number of nitrogens with zero attached hydrogens (tertiary/aromatic N) is 2. The number of carbonyl (C=O) groups excluding carboxylic acids is 2. The van der Waals surface area contributed by atoms with Gasteiger partial charge in [-0.15, -0.1) is 0 Å². The van der Waals surface area contributed by atoms with Gasteiger partial charge in [0.15, 0.2) is 0 Å². The lowest BCUT2D eigenvalue weighted by atomic mass is 10.1. The van der Waals surface area contributed by atoms with E-state index >= 15 is 0 Å². The highest BCUT2D eigenvalue weighted by Gasteiger charge is 2.41. The molecule has 2 aliphatic heterocycles. The van der Waals surface area contributed by atoms with E-state index in [9.17, 15) is 14.0 Å². The SMILES string of the molecule is O=C1C2CCCN2C(=O)CN1Cc1ccc(Br)cc1F. The molecular weight excluding hydrogens is 327 g/mol. The summed E-state index contributed by atoms with van der Waals surface area (Å²) in [4.78, 5) is 27.4. The van der Waals surface area contributed by atoms with Gasteiger partial charge in [0, 0.05) is 23.1 Å². The molecule has 1 aromatic rings. The Morgan fingerprint density at radius 2 is 2.15 bits per heavy atom. The first-order chi connectivity index (χ1) is 9.56. The summed E-state index contributed by atoms with van der Waals surface area (Å²) in [5.74, 6) is -0.470. The molecule has 0 saturated carbocycles. The number of benzene rings is 1. The van der Waals surface area contributed by atoms with Crippen molar-refractivity contribution in [2.24, 2.45) is 0 Å². The standard InChI is InChI=1S/C14H14BrFN2O2/c15-10-4-3-9(11(16)6-10)7-17-8-13(19)18-5-1-2-12(18)14(17)20/h3-4,6,12H,1-2,5,7-8H2. The van der Waals surface area contributed by atoms with Gasteiger partial charge in [-0.1, -0.05) is 22.0 Å². The average Bonchev–Trinajstić information content (AvgIpc) is 2.88. The molecule has 0 aromatic heterocycles. The molecule has 0 bridgehead atoms. The summed E-state index contributed by atoms with van der Waals surface area (Å²) in [6.07, 6.45) is 1.58. The Morgan fingerprint density at radius 1 is 1.35 bits per heavy atom. The molecule has 6 heteroatoms. The summed E-state index contributed by atoms with van der Waals surface area (Å²) in [5.41, 5.74) is 0.431. The van der Waals surface area contributed by atoms with Crippen molar-refractivity contribution >= 4 is 27.7 Å². The summed E-state index contributed by atoms with van der Waals surface area (Å²) in [6.45, 7) is 0.856. The fraction of sp³-hybridized carbons (Fsp3) is 0.429. The summed E-state index contributed by atoms with van der Waals surface area (Å²) in [5, 5.41) is 0.